The monoisotopic (exact) mass is 451 g/mol. The first kappa shape index (κ1) is 41.2. The van der Waals surface area contributed by atoms with Gasteiger partial charge in [-0.2, -0.15) is 0 Å². The Hall–Kier alpha value is -1.04. The van der Waals surface area contributed by atoms with Gasteiger partial charge >= 0.3 is 0 Å². The van der Waals surface area contributed by atoms with E-state index in [2.05, 4.69) is 26.0 Å². The van der Waals surface area contributed by atoms with Crippen molar-refractivity contribution in [2.45, 2.75) is 147 Å². The summed E-state index contributed by atoms with van der Waals surface area (Å²) >= 11 is 0. The van der Waals surface area contributed by atoms with Gasteiger partial charge in [-0.1, -0.05) is 177 Å². The van der Waals surface area contributed by atoms with Crippen molar-refractivity contribution in [3.63, 3.8) is 0 Å². The van der Waals surface area contributed by atoms with Gasteiger partial charge in [-0.15, -0.1) is 0 Å². The van der Waals surface area contributed by atoms with Gasteiger partial charge in [0.15, 0.2) is 0 Å². The Kier molecular flexibility index (Phi) is 61.4. The Morgan fingerprint density at radius 3 is 0.719 bits per heavy atom. The highest BCUT2D eigenvalue weighted by Gasteiger charge is 2.25. The number of hydrogen-bond donors (Lipinski definition) is 0. The smallest absolute Gasteiger partial charge is 0.0228 e. The van der Waals surface area contributed by atoms with Crippen LogP contribution in [0, 0.1) is 11.8 Å². The molecule has 0 amide bonds. The van der Waals surface area contributed by atoms with Crippen LogP contribution in [0.1, 0.15) is 147 Å². The van der Waals surface area contributed by atoms with Crippen molar-refractivity contribution in [2.24, 2.45) is 11.8 Å². The van der Waals surface area contributed by atoms with Gasteiger partial charge in [-0.05, 0) is 31.1 Å². The fourth-order valence-corrected chi connectivity index (χ4v) is 3.16. The van der Waals surface area contributed by atoms with E-state index in [1.54, 1.807) is 0 Å². The summed E-state index contributed by atoms with van der Waals surface area (Å²) in [5, 5.41) is 0. The molecule has 32 heavy (non-hydrogen) atoms. The van der Waals surface area contributed by atoms with Crippen LogP contribution in [0.25, 0.3) is 0 Å². The molecule has 0 nitrogen and oxygen atoms in total. The standard InChI is InChI=1S/C7H10.C6H12.C6H6.C3H8.5C2H6/c1-2-7-4-3-6(1)5-7;2*1-2-4-6-5-3-1;1-3-2;5*1-2/h1-2,6-7H,3-5H2;1-6H2;1-6H;3H2,1-2H3;5*1-2H3. The fourth-order valence-electron chi connectivity index (χ4n) is 3.16. The molecule has 0 aliphatic heterocycles. The molecule has 1 aromatic carbocycles. The number of fused-ring (bicyclic) bond motifs is 2. The van der Waals surface area contributed by atoms with E-state index in [4.69, 9.17) is 0 Å². The minimum absolute atomic E-state index is 0.991. The second kappa shape index (κ2) is 47.7. The lowest BCUT2D eigenvalue weighted by molar-refractivity contribution is 0.504. The zero-order valence-corrected chi connectivity index (χ0v) is 24.8. The zero-order chi connectivity index (χ0) is 25.9. The molecule has 0 radical (unpaired) electrons. The van der Waals surface area contributed by atoms with Gasteiger partial charge in [-0.25, -0.2) is 0 Å². The summed E-state index contributed by atoms with van der Waals surface area (Å²) in [4.78, 5) is 0. The summed E-state index contributed by atoms with van der Waals surface area (Å²) < 4.78 is 0. The van der Waals surface area contributed by atoms with E-state index >= 15 is 0 Å². The first-order valence-corrected chi connectivity index (χ1v) is 14.5. The lowest BCUT2D eigenvalue weighted by Gasteiger charge is -2.05. The minimum atomic E-state index is 0.991. The lowest BCUT2D eigenvalue weighted by Crippen LogP contribution is -1.85. The van der Waals surface area contributed by atoms with Gasteiger partial charge in [0, 0.05) is 0 Å². The highest BCUT2D eigenvalue weighted by molar-refractivity contribution is 5.06. The molecule has 2 atom stereocenters. The van der Waals surface area contributed by atoms with E-state index in [1.807, 2.05) is 106 Å². The highest BCUT2D eigenvalue weighted by Crippen LogP contribution is 2.38. The predicted molar refractivity (Wildman–Crippen MR) is 157 cm³/mol. The number of hydrogen-bond acceptors (Lipinski definition) is 0. The highest BCUT2D eigenvalue weighted by atomic mass is 14.3. The van der Waals surface area contributed by atoms with Crippen molar-refractivity contribution in [1.82, 2.24) is 0 Å². The average Bonchev–Trinajstić information content (AvgIpc) is 3.60. The van der Waals surface area contributed by atoms with Gasteiger partial charge in [-0.3, -0.25) is 0 Å². The molecule has 0 heteroatoms. The van der Waals surface area contributed by atoms with E-state index in [9.17, 15) is 0 Å². The molecular weight excluding hydrogens is 384 g/mol. The quantitative estimate of drug-likeness (QED) is 0.345. The largest absolute Gasteiger partial charge is 0.0851 e. The predicted octanol–water partition coefficient (Wildman–Crippen LogP) is 12.5. The molecule has 0 aromatic heterocycles. The summed E-state index contributed by atoms with van der Waals surface area (Å²) in [5.74, 6) is 1.98. The molecule has 0 saturated heterocycles. The topological polar surface area (TPSA) is 0 Å². The minimum Gasteiger partial charge on any atom is -0.0851 e. The van der Waals surface area contributed by atoms with Gasteiger partial charge in [0.25, 0.3) is 0 Å². The third kappa shape index (κ3) is 36.3. The normalized spacial score (nSPS) is 17.5. The maximum absolute atomic E-state index is 2.38. The van der Waals surface area contributed by atoms with Crippen molar-refractivity contribution in [3.05, 3.63) is 48.6 Å². The maximum Gasteiger partial charge on any atom is -0.0228 e. The molecule has 3 aliphatic rings. The maximum atomic E-state index is 2.38. The molecule has 0 heterocycles. The van der Waals surface area contributed by atoms with Crippen LogP contribution in [0.2, 0.25) is 0 Å². The molecule has 2 unspecified atom stereocenters. The molecule has 2 bridgehead atoms. The van der Waals surface area contributed by atoms with Gasteiger partial charge < -0.3 is 0 Å². The molecule has 0 N–H and O–H groups in total. The van der Waals surface area contributed by atoms with Crippen LogP contribution in [0.3, 0.4) is 0 Å². The fraction of sp³-hybridized carbons (Fsp3) is 0.750. The molecule has 1 aromatic rings. The summed E-state index contributed by atoms with van der Waals surface area (Å²) in [6, 6.07) is 12.0. The van der Waals surface area contributed by atoms with E-state index in [0.717, 1.165) is 11.8 Å². The second-order valence-electron chi connectivity index (χ2n) is 6.70. The van der Waals surface area contributed by atoms with E-state index in [0.29, 0.717) is 0 Å². The van der Waals surface area contributed by atoms with E-state index < -0.39 is 0 Å². The lowest BCUT2D eigenvalue weighted by atomic mass is 10.0. The second-order valence-corrected chi connectivity index (χ2v) is 6.70. The number of allylic oxidation sites excluding steroid dienone is 2. The van der Waals surface area contributed by atoms with Gasteiger partial charge in [0.2, 0.25) is 0 Å². The van der Waals surface area contributed by atoms with E-state index in [-0.39, 0.29) is 0 Å². The first-order chi connectivity index (χ1) is 15.9. The zero-order valence-electron chi connectivity index (χ0n) is 24.8. The van der Waals surface area contributed by atoms with Crippen LogP contribution in [-0.4, -0.2) is 0 Å². The summed E-state index contributed by atoms with van der Waals surface area (Å²) in [5.41, 5.74) is 0. The SMILES string of the molecule is C1=CC2CCC1C2.C1CCCCC1.CC.CC.CC.CC.CC.CCC.c1ccccc1. The van der Waals surface area contributed by atoms with Crippen LogP contribution in [-0.2, 0) is 0 Å². The number of rotatable bonds is 0. The van der Waals surface area contributed by atoms with Crippen LogP contribution in [0.4, 0.5) is 0 Å². The summed E-state index contributed by atoms with van der Waals surface area (Å²) in [7, 11) is 0. The third-order valence-corrected chi connectivity index (χ3v) is 4.34. The molecule has 3 aliphatic carbocycles. The molecule has 2 saturated carbocycles. The Morgan fingerprint density at radius 1 is 0.438 bits per heavy atom. The van der Waals surface area contributed by atoms with E-state index in [1.165, 1.54) is 64.2 Å². The Balaban J connectivity index is -0.0000000915. The third-order valence-electron chi connectivity index (χ3n) is 4.34. The van der Waals surface area contributed by atoms with Gasteiger partial charge in [0.05, 0.1) is 0 Å². The Labute approximate surface area is 207 Å². The van der Waals surface area contributed by atoms with Crippen LogP contribution >= 0.6 is 0 Å². The van der Waals surface area contributed by atoms with Crippen molar-refractivity contribution in [2.75, 3.05) is 0 Å². The van der Waals surface area contributed by atoms with Crippen LogP contribution < -0.4 is 0 Å². The Morgan fingerprint density at radius 2 is 0.625 bits per heavy atom. The van der Waals surface area contributed by atoms with Crippen LogP contribution in [0.15, 0.2) is 48.6 Å². The molecule has 2 fully saturated rings. The van der Waals surface area contributed by atoms with Crippen molar-refractivity contribution in [1.29, 1.82) is 0 Å². The van der Waals surface area contributed by atoms with Crippen LogP contribution in [0.5, 0.6) is 0 Å². The molecule has 194 valence electrons. The molecule has 0 spiro atoms. The summed E-state index contributed by atoms with van der Waals surface area (Å²) in [6.07, 6.45) is 19.4. The summed E-state index contributed by atoms with van der Waals surface area (Å²) in [6.45, 7) is 24.2. The average molecular weight is 451 g/mol. The van der Waals surface area contributed by atoms with Gasteiger partial charge in [0.1, 0.15) is 0 Å². The number of benzene rings is 1. The van der Waals surface area contributed by atoms with Crippen molar-refractivity contribution < 1.29 is 0 Å². The van der Waals surface area contributed by atoms with Crippen molar-refractivity contribution >= 4 is 0 Å². The Bertz CT molecular complexity index is 297. The molecular formula is C32H66. The first-order valence-electron chi connectivity index (χ1n) is 14.5. The molecule has 4 rings (SSSR count). The van der Waals surface area contributed by atoms with Crippen molar-refractivity contribution in [3.8, 4) is 0 Å².